The van der Waals surface area contributed by atoms with Gasteiger partial charge in [-0.25, -0.2) is 13.8 Å². The summed E-state index contributed by atoms with van der Waals surface area (Å²) in [6.07, 6.45) is 1.19. The molecule has 0 saturated carbocycles. The van der Waals surface area contributed by atoms with E-state index in [4.69, 9.17) is 4.74 Å². The van der Waals surface area contributed by atoms with Gasteiger partial charge in [0, 0.05) is 56.2 Å². The number of hydrogen-bond donors (Lipinski definition) is 2. The van der Waals surface area contributed by atoms with Gasteiger partial charge in [0.05, 0.1) is 27.8 Å². The summed E-state index contributed by atoms with van der Waals surface area (Å²) in [7, 11) is 1.63. The number of ketones is 1. The van der Waals surface area contributed by atoms with Gasteiger partial charge in [-0.1, -0.05) is 12.1 Å². The van der Waals surface area contributed by atoms with E-state index in [1.54, 1.807) is 18.5 Å². The summed E-state index contributed by atoms with van der Waals surface area (Å²) < 4.78 is 81.2. The summed E-state index contributed by atoms with van der Waals surface area (Å²) in [5, 5.41) is 5.42. The number of anilines is 1. The fourth-order valence-corrected chi connectivity index (χ4v) is 5.81. The molecule has 0 unspecified atom stereocenters. The van der Waals surface area contributed by atoms with E-state index in [-0.39, 0.29) is 33.9 Å². The normalized spacial score (nSPS) is 14.4. The summed E-state index contributed by atoms with van der Waals surface area (Å²) in [5.41, 5.74) is -0.930. The first-order valence-electron chi connectivity index (χ1n) is 14.9. The number of aryl methyl sites for hydroxylation is 2. The number of aromatic nitrogens is 3. The Morgan fingerprint density at radius 3 is 2.45 bits per heavy atom. The van der Waals surface area contributed by atoms with Crippen molar-refractivity contribution in [3.63, 3.8) is 0 Å². The maximum Gasteiger partial charge on any atom is 0.417 e. The Bertz CT molecular complexity index is 2020. The molecule has 244 valence electrons. The number of amides is 1. The molecule has 2 N–H and O–H groups in total. The Morgan fingerprint density at radius 1 is 1.02 bits per heavy atom. The molecule has 0 atom stereocenters. The van der Waals surface area contributed by atoms with Crippen molar-refractivity contribution in [2.75, 3.05) is 25.1 Å². The van der Waals surface area contributed by atoms with Crippen molar-refractivity contribution in [2.45, 2.75) is 32.0 Å². The standard InChI is InChI=1S/C34H30F5N5O3/c1-19-41-27-17-23(24(34(37,38)39)18-30(27)43(19)2)22-5-4-12-44-28(22)7-8-29(44)33(46)20-15-25(35)32(26(36)16-20)42-31(45)6-3-11-40-21-9-13-47-14-10-21/h3-8,12,15-18,21,40H,9-11,13-14H2,1-2H3,(H,42,45)/b6-3+. The number of imidazole rings is 1. The van der Waals surface area contributed by atoms with Gasteiger partial charge in [0.1, 0.15) is 23.1 Å². The van der Waals surface area contributed by atoms with Gasteiger partial charge in [-0.05, 0) is 67.8 Å². The first-order valence-corrected chi connectivity index (χ1v) is 14.9. The van der Waals surface area contributed by atoms with E-state index >= 15 is 8.78 Å². The summed E-state index contributed by atoms with van der Waals surface area (Å²) in [6, 6.07) is 10.1. The molecular weight excluding hydrogens is 621 g/mol. The molecule has 6 rings (SSSR count). The third-order valence-corrected chi connectivity index (χ3v) is 8.33. The lowest BCUT2D eigenvalue weighted by Gasteiger charge is -2.22. The van der Waals surface area contributed by atoms with E-state index in [1.165, 1.54) is 47.0 Å². The molecular formula is C34H30F5N5O3. The number of pyridine rings is 1. The quantitative estimate of drug-likeness (QED) is 0.112. The van der Waals surface area contributed by atoms with Crippen LogP contribution in [0.2, 0.25) is 0 Å². The average molecular weight is 652 g/mol. The summed E-state index contributed by atoms with van der Waals surface area (Å²) in [5.74, 6) is -3.31. The Labute approximate surface area is 265 Å². The van der Waals surface area contributed by atoms with E-state index in [1.807, 2.05) is 0 Å². The Kier molecular flexibility index (Phi) is 8.68. The molecule has 1 saturated heterocycles. The van der Waals surface area contributed by atoms with Crippen molar-refractivity contribution in [3.8, 4) is 11.1 Å². The van der Waals surface area contributed by atoms with Gasteiger partial charge in [-0.3, -0.25) is 9.59 Å². The van der Waals surface area contributed by atoms with Crippen LogP contribution in [0.3, 0.4) is 0 Å². The minimum Gasteiger partial charge on any atom is -0.381 e. The van der Waals surface area contributed by atoms with Gasteiger partial charge < -0.3 is 24.3 Å². The topological polar surface area (TPSA) is 89.7 Å². The number of rotatable bonds is 8. The third-order valence-electron chi connectivity index (χ3n) is 8.33. The summed E-state index contributed by atoms with van der Waals surface area (Å²) >= 11 is 0. The van der Waals surface area contributed by atoms with Crippen LogP contribution < -0.4 is 10.6 Å². The first kappa shape index (κ1) is 32.1. The molecule has 8 nitrogen and oxygen atoms in total. The minimum absolute atomic E-state index is 0.0271. The maximum absolute atomic E-state index is 15.0. The van der Waals surface area contributed by atoms with Crippen LogP contribution in [0.4, 0.5) is 27.6 Å². The van der Waals surface area contributed by atoms with E-state index in [0.29, 0.717) is 36.6 Å². The fraction of sp³-hybridized carbons (Fsp3) is 0.265. The van der Waals surface area contributed by atoms with Crippen molar-refractivity contribution in [1.82, 2.24) is 19.3 Å². The highest BCUT2D eigenvalue weighted by atomic mass is 19.4. The Hall–Kier alpha value is -4.88. The van der Waals surface area contributed by atoms with Gasteiger partial charge in [-0.2, -0.15) is 13.2 Å². The average Bonchev–Trinajstić information content (AvgIpc) is 3.60. The number of halogens is 5. The maximum atomic E-state index is 15.0. The van der Waals surface area contributed by atoms with Crippen molar-refractivity contribution in [2.24, 2.45) is 7.05 Å². The molecule has 0 bridgehead atoms. The lowest BCUT2D eigenvalue weighted by molar-refractivity contribution is -0.137. The molecule has 1 aliphatic rings. The number of nitrogens with zero attached hydrogens (tertiary/aromatic N) is 3. The lowest BCUT2D eigenvalue weighted by Crippen LogP contribution is -2.34. The molecule has 1 amide bonds. The summed E-state index contributed by atoms with van der Waals surface area (Å²) in [4.78, 5) is 30.2. The van der Waals surface area contributed by atoms with Crippen molar-refractivity contribution >= 4 is 33.9 Å². The molecule has 47 heavy (non-hydrogen) atoms. The predicted octanol–water partition coefficient (Wildman–Crippen LogP) is 6.59. The van der Waals surface area contributed by atoms with Gasteiger partial charge in [0.15, 0.2) is 0 Å². The molecule has 5 aromatic rings. The van der Waals surface area contributed by atoms with E-state index < -0.39 is 40.8 Å². The number of benzene rings is 2. The van der Waals surface area contributed by atoms with Crippen LogP contribution in [-0.2, 0) is 22.8 Å². The van der Waals surface area contributed by atoms with Crippen LogP contribution in [0.25, 0.3) is 27.7 Å². The van der Waals surface area contributed by atoms with Gasteiger partial charge >= 0.3 is 6.18 Å². The highest BCUT2D eigenvalue weighted by Gasteiger charge is 2.35. The van der Waals surface area contributed by atoms with Crippen LogP contribution in [-0.4, -0.2) is 51.4 Å². The van der Waals surface area contributed by atoms with Gasteiger partial charge in [0.25, 0.3) is 0 Å². The second kappa shape index (κ2) is 12.7. The smallest absolute Gasteiger partial charge is 0.381 e. The molecule has 0 spiro atoms. The van der Waals surface area contributed by atoms with E-state index in [0.717, 1.165) is 37.1 Å². The Morgan fingerprint density at radius 2 is 1.74 bits per heavy atom. The Balaban J connectivity index is 1.26. The van der Waals surface area contributed by atoms with Gasteiger partial charge in [0.2, 0.25) is 11.7 Å². The second-order valence-corrected chi connectivity index (χ2v) is 11.3. The van der Waals surface area contributed by atoms with Gasteiger partial charge in [-0.15, -0.1) is 0 Å². The number of carbonyl (C=O) groups excluding carboxylic acids is 2. The van der Waals surface area contributed by atoms with Crippen molar-refractivity contribution in [1.29, 1.82) is 0 Å². The molecule has 1 aliphatic heterocycles. The molecule has 1 fully saturated rings. The van der Waals surface area contributed by atoms with E-state index in [2.05, 4.69) is 15.6 Å². The number of fused-ring (bicyclic) bond motifs is 2. The van der Waals surface area contributed by atoms with Crippen LogP contribution in [0.5, 0.6) is 0 Å². The summed E-state index contributed by atoms with van der Waals surface area (Å²) in [6.45, 7) is 3.40. The lowest BCUT2D eigenvalue weighted by atomic mass is 9.98. The third kappa shape index (κ3) is 6.41. The molecule has 3 aromatic heterocycles. The zero-order valence-electron chi connectivity index (χ0n) is 25.4. The van der Waals surface area contributed by atoms with E-state index in [9.17, 15) is 22.8 Å². The number of nitrogens with one attached hydrogen (secondary N) is 2. The molecule has 4 heterocycles. The number of alkyl halides is 3. The van der Waals surface area contributed by atoms with Crippen LogP contribution in [0.1, 0.15) is 40.3 Å². The van der Waals surface area contributed by atoms with Crippen LogP contribution in [0.15, 0.2) is 66.9 Å². The first-order chi connectivity index (χ1) is 22.4. The monoisotopic (exact) mass is 651 g/mol. The molecule has 2 aromatic carbocycles. The zero-order chi connectivity index (χ0) is 33.5. The largest absolute Gasteiger partial charge is 0.417 e. The SMILES string of the molecule is Cc1nc2cc(-c3cccn4c(C(=O)c5cc(F)c(NC(=O)/C=C/CNC6CCOCC6)c(F)c5)ccc34)c(C(F)(F)F)cc2n1C. The predicted molar refractivity (Wildman–Crippen MR) is 166 cm³/mol. The van der Waals surface area contributed by atoms with Crippen molar-refractivity contribution < 1.29 is 36.3 Å². The highest BCUT2D eigenvalue weighted by molar-refractivity contribution is 6.09. The van der Waals surface area contributed by atoms with Crippen LogP contribution >= 0.6 is 0 Å². The van der Waals surface area contributed by atoms with Crippen molar-refractivity contribution in [3.05, 3.63) is 101 Å². The molecule has 13 heteroatoms. The number of ether oxygens (including phenoxy) is 1. The highest BCUT2D eigenvalue weighted by Crippen LogP contribution is 2.41. The zero-order valence-corrected chi connectivity index (χ0v) is 25.4. The second-order valence-electron chi connectivity index (χ2n) is 11.3. The number of hydrogen-bond acceptors (Lipinski definition) is 5. The molecule has 0 aliphatic carbocycles. The number of carbonyl (C=O) groups is 2. The molecule has 0 radical (unpaired) electrons. The van der Waals surface area contributed by atoms with Crippen LogP contribution in [0, 0.1) is 18.6 Å². The fourth-order valence-electron chi connectivity index (χ4n) is 5.81. The minimum atomic E-state index is -4.69.